The van der Waals surface area contributed by atoms with Crippen molar-refractivity contribution in [1.82, 2.24) is 19.9 Å². The molecule has 0 bridgehead atoms. The molecule has 1 aliphatic rings. The Labute approximate surface area is 246 Å². The number of aromatic nitrogens is 3. The number of rotatable bonds is 8. The summed E-state index contributed by atoms with van der Waals surface area (Å²) >= 11 is 12.3. The van der Waals surface area contributed by atoms with Gasteiger partial charge >= 0.3 is 0 Å². The molecule has 1 N–H and O–H groups in total. The smallest absolute Gasteiger partial charge is 0.258 e. The summed E-state index contributed by atoms with van der Waals surface area (Å²) in [4.78, 5) is 15.3. The second kappa shape index (κ2) is 11.6. The molecular formula is C31H24Cl2FN5O2. The summed E-state index contributed by atoms with van der Waals surface area (Å²) in [6.45, 7) is 1.01. The summed E-state index contributed by atoms with van der Waals surface area (Å²) in [5.41, 5.74) is 4.62. The van der Waals surface area contributed by atoms with E-state index in [0.717, 1.165) is 22.4 Å². The molecule has 0 radical (unpaired) electrons. The number of anilines is 1. The van der Waals surface area contributed by atoms with Crippen LogP contribution in [0.3, 0.4) is 0 Å². The van der Waals surface area contributed by atoms with Crippen LogP contribution in [0, 0.1) is 5.82 Å². The predicted molar refractivity (Wildman–Crippen MR) is 155 cm³/mol. The maximum Gasteiger partial charge on any atom is 0.258 e. The second-order valence-corrected chi connectivity index (χ2v) is 10.5. The van der Waals surface area contributed by atoms with E-state index in [9.17, 15) is 9.18 Å². The van der Waals surface area contributed by atoms with Crippen molar-refractivity contribution in [2.75, 3.05) is 5.32 Å². The number of halogens is 3. The van der Waals surface area contributed by atoms with E-state index >= 15 is 0 Å². The number of fused-ring (bicyclic) bond motifs is 1. The van der Waals surface area contributed by atoms with Crippen LogP contribution in [0.25, 0.3) is 0 Å². The molecule has 0 saturated heterocycles. The first-order chi connectivity index (χ1) is 19.9. The van der Waals surface area contributed by atoms with E-state index in [0.29, 0.717) is 40.1 Å². The normalized spacial score (nSPS) is 14.5. The van der Waals surface area contributed by atoms with Gasteiger partial charge in [-0.3, -0.25) is 4.79 Å². The maximum absolute atomic E-state index is 13.5. The topological polar surface area (TPSA) is 72.3 Å². The van der Waals surface area contributed by atoms with Crippen LogP contribution in [0.4, 0.5) is 10.1 Å². The molecule has 0 aliphatic carbocycles. The summed E-state index contributed by atoms with van der Waals surface area (Å²) in [6.07, 6.45) is 1.39. The van der Waals surface area contributed by atoms with E-state index in [1.807, 2.05) is 54.7 Å². The Morgan fingerprint density at radius 1 is 0.927 bits per heavy atom. The molecule has 10 heteroatoms. The lowest BCUT2D eigenvalue weighted by Crippen LogP contribution is -2.42. The van der Waals surface area contributed by atoms with Gasteiger partial charge in [0.05, 0.1) is 18.3 Å². The molecule has 1 aliphatic heterocycles. The zero-order valence-corrected chi connectivity index (χ0v) is 23.2. The van der Waals surface area contributed by atoms with E-state index in [2.05, 4.69) is 15.6 Å². The molecule has 5 aromatic rings. The van der Waals surface area contributed by atoms with Crippen molar-refractivity contribution in [2.24, 2.45) is 0 Å². The fraction of sp³-hybridized carbons (Fsp3) is 0.129. The lowest BCUT2D eigenvalue weighted by molar-refractivity contribution is 0.0666. The summed E-state index contributed by atoms with van der Waals surface area (Å²) in [5, 5.41) is 13.0. The second-order valence-electron chi connectivity index (χ2n) is 9.65. The van der Waals surface area contributed by atoms with Crippen LogP contribution in [0.5, 0.6) is 5.75 Å². The number of para-hydroxylation sites is 1. The molecule has 0 fully saturated rings. The van der Waals surface area contributed by atoms with E-state index in [1.54, 1.807) is 39.9 Å². The SMILES string of the molecule is O=C1c2ccccc2NC(c2ccc(OCc3cn(Cc4ccc(Cl)cc4Cl)nn3)cc2)N1Cc1ccc(F)cc1. The minimum absolute atomic E-state index is 0.100. The summed E-state index contributed by atoms with van der Waals surface area (Å²) in [5.74, 6) is 0.233. The number of amides is 1. The van der Waals surface area contributed by atoms with Gasteiger partial charge in [0.15, 0.2) is 0 Å². The van der Waals surface area contributed by atoms with Gasteiger partial charge in [-0.25, -0.2) is 9.07 Å². The number of hydrogen-bond acceptors (Lipinski definition) is 5. The molecule has 7 nitrogen and oxygen atoms in total. The van der Waals surface area contributed by atoms with E-state index in [-0.39, 0.29) is 18.3 Å². The van der Waals surface area contributed by atoms with Crippen LogP contribution in [0.2, 0.25) is 10.0 Å². The largest absolute Gasteiger partial charge is 0.487 e. The van der Waals surface area contributed by atoms with Crippen LogP contribution in [0.15, 0.2) is 97.2 Å². The highest BCUT2D eigenvalue weighted by atomic mass is 35.5. The Morgan fingerprint density at radius 2 is 1.71 bits per heavy atom. The molecule has 0 spiro atoms. The van der Waals surface area contributed by atoms with Gasteiger partial charge in [-0.1, -0.05) is 70.9 Å². The van der Waals surface area contributed by atoms with Crippen molar-refractivity contribution in [3.05, 3.63) is 141 Å². The molecular weight excluding hydrogens is 564 g/mol. The molecule has 1 aromatic heterocycles. The van der Waals surface area contributed by atoms with Crippen molar-refractivity contribution in [3.63, 3.8) is 0 Å². The van der Waals surface area contributed by atoms with Gasteiger partial charge in [0.25, 0.3) is 5.91 Å². The summed E-state index contributed by atoms with van der Waals surface area (Å²) in [6, 6.07) is 26.5. The van der Waals surface area contributed by atoms with Crippen molar-refractivity contribution in [3.8, 4) is 5.75 Å². The van der Waals surface area contributed by atoms with Crippen LogP contribution < -0.4 is 10.1 Å². The number of benzene rings is 4. The van der Waals surface area contributed by atoms with E-state index in [4.69, 9.17) is 27.9 Å². The standard InChI is InChI=1S/C31H24Cl2FN5O2/c32-23-10-7-22(28(33)15-23)17-38-18-25(36-37-38)19-41-26-13-8-21(9-14-26)30-35-29-4-2-1-3-27(29)31(40)39(30)16-20-5-11-24(34)12-6-20/h1-15,18,30,35H,16-17,19H2. The van der Waals surface area contributed by atoms with Crippen molar-refractivity contribution in [2.45, 2.75) is 25.9 Å². The number of hydrogen-bond donors (Lipinski definition) is 1. The Kier molecular flexibility index (Phi) is 7.59. The number of ether oxygens (including phenoxy) is 1. The van der Waals surface area contributed by atoms with Crippen molar-refractivity contribution >= 4 is 34.8 Å². The van der Waals surface area contributed by atoms with Gasteiger partial charge in [0, 0.05) is 22.3 Å². The third kappa shape index (κ3) is 6.04. The Hall–Kier alpha value is -4.40. The zero-order valence-electron chi connectivity index (χ0n) is 21.7. The lowest BCUT2D eigenvalue weighted by atomic mass is 10.0. The highest BCUT2D eigenvalue weighted by molar-refractivity contribution is 6.35. The number of nitrogens with zero attached hydrogens (tertiary/aromatic N) is 4. The first kappa shape index (κ1) is 26.8. The summed E-state index contributed by atoms with van der Waals surface area (Å²) in [7, 11) is 0. The molecule has 1 atom stereocenters. The fourth-order valence-electron chi connectivity index (χ4n) is 4.72. The minimum Gasteiger partial charge on any atom is -0.487 e. The molecule has 2 heterocycles. The average molecular weight is 588 g/mol. The van der Waals surface area contributed by atoms with Crippen molar-refractivity contribution in [1.29, 1.82) is 0 Å². The van der Waals surface area contributed by atoms with Crippen LogP contribution >= 0.6 is 23.2 Å². The van der Waals surface area contributed by atoms with Crippen LogP contribution in [-0.2, 0) is 19.7 Å². The molecule has 0 saturated carbocycles. The highest BCUT2D eigenvalue weighted by Crippen LogP contribution is 2.35. The molecule has 206 valence electrons. The van der Waals surface area contributed by atoms with E-state index in [1.165, 1.54) is 12.1 Å². The van der Waals surface area contributed by atoms with Gasteiger partial charge in [0.2, 0.25) is 0 Å². The molecule has 1 amide bonds. The van der Waals surface area contributed by atoms with Gasteiger partial charge in [0.1, 0.15) is 30.0 Å². The Morgan fingerprint density at radius 3 is 2.49 bits per heavy atom. The molecule has 41 heavy (non-hydrogen) atoms. The van der Waals surface area contributed by atoms with E-state index < -0.39 is 6.17 Å². The quantitative estimate of drug-likeness (QED) is 0.209. The first-order valence-electron chi connectivity index (χ1n) is 12.9. The molecule has 6 rings (SSSR count). The first-order valence-corrected chi connectivity index (χ1v) is 13.7. The molecule has 4 aromatic carbocycles. The number of carbonyl (C=O) groups excluding carboxylic acids is 1. The average Bonchev–Trinajstić information content (AvgIpc) is 3.43. The third-order valence-corrected chi connectivity index (χ3v) is 7.39. The summed E-state index contributed by atoms with van der Waals surface area (Å²) < 4.78 is 21.1. The van der Waals surface area contributed by atoms with Crippen LogP contribution in [0.1, 0.15) is 38.9 Å². The highest BCUT2D eigenvalue weighted by Gasteiger charge is 2.32. The number of carbonyl (C=O) groups is 1. The number of nitrogens with one attached hydrogen (secondary N) is 1. The zero-order chi connectivity index (χ0) is 28.3. The van der Waals surface area contributed by atoms with Crippen LogP contribution in [-0.4, -0.2) is 25.8 Å². The Balaban J connectivity index is 1.15. The predicted octanol–water partition coefficient (Wildman–Crippen LogP) is 7.12. The van der Waals surface area contributed by atoms with Gasteiger partial charge in [-0.2, -0.15) is 0 Å². The van der Waals surface area contributed by atoms with Gasteiger partial charge in [-0.15, -0.1) is 5.10 Å². The molecule has 1 unspecified atom stereocenters. The maximum atomic E-state index is 13.5. The monoisotopic (exact) mass is 587 g/mol. The lowest BCUT2D eigenvalue weighted by Gasteiger charge is -2.38. The third-order valence-electron chi connectivity index (χ3n) is 6.80. The van der Waals surface area contributed by atoms with Gasteiger partial charge < -0.3 is 15.0 Å². The fourth-order valence-corrected chi connectivity index (χ4v) is 5.18. The van der Waals surface area contributed by atoms with Crippen molar-refractivity contribution < 1.29 is 13.9 Å². The minimum atomic E-state index is -0.420. The Bertz CT molecular complexity index is 1690. The van der Waals surface area contributed by atoms with Gasteiger partial charge in [-0.05, 0) is 65.2 Å².